The molecule has 0 aliphatic carbocycles. The van der Waals surface area contributed by atoms with Crippen molar-refractivity contribution in [2.75, 3.05) is 15.1 Å². The first-order valence-electron chi connectivity index (χ1n) is 26.1. The van der Waals surface area contributed by atoms with E-state index in [2.05, 4.69) is 284 Å². The number of hydrogen-bond donors (Lipinski definition) is 1. The molecule has 3 aliphatic rings. The number of anilines is 8. The third-order valence-electron chi connectivity index (χ3n) is 17.2. The van der Waals surface area contributed by atoms with Crippen LogP contribution in [0.1, 0.15) is 74.9 Å². The monoisotopic (exact) mass is 953 g/mol. The van der Waals surface area contributed by atoms with Crippen molar-refractivity contribution in [2.24, 2.45) is 0 Å². The molecule has 0 fully saturated rings. The molecular weight excluding hydrogens is 899 g/mol. The minimum Gasteiger partial charge on any atom is -0.355 e. The molecule has 74 heavy (non-hydrogen) atoms. The van der Waals surface area contributed by atoms with E-state index in [1.54, 1.807) is 0 Å². The summed E-state index contributed by atoms with van der Waals surface area (Å²) in [5.41, 5.74) is 23.7. The van der Waals surface area contributed by atoms with Crippen LogP contribution in [0.5, 0.6) is 0 Å². The molecule has 1 N–H and O–H groups in total. The Kier molecular flexibility index (Phi) is 8.76. The van der Waals surface area contributed by atoms with E-state index in [9.17, 15) is 0 Å². The average molecular weight is 954 g/mol. The van der Waals surface area contributed by atoms with Gasteiger partial charge in [-0.05, 0) is 143 Å². The van der Waals surface area contributed by atoms with Gasteiger partial charge in [0, 0.05) is 71.9 Å². The summed E-state index contributed by atoms with van der Waals surface area (Å²) in [6, 6.07) is 81.5. The zero-order chi connectivity index (χ0) is 49.8. The van der Waals surface area contributed by atoms with E-state index in [1.165, 1.54) is 99.7 Å². The molecule has 2 aromatic heterocycles. The van der Waals surface area contributed by atoms with E-state index in [4.69, 9.17) is 0 Å². The maximum atomic E-state index is 3.90. The SMILES string of the molecule is CC1(C)c2cc(N3c4ccccc4C(C)(C)c4ccccc43)ccc2Nc2ccc(N3c4ccccc4C(C)(C)c4cc(-n5c6ccccc6c6cc(-n7c8ccccc8c8ccccc87)ccc65)ccc43)cc21. The van der Waals surface area contributed by atoms with Crippen LogP contribution in [0.3, 0.4) is 0 Å². The Labute approximate surface area is 432 Å². The Morgan fingerprint density at radius 1 is 0.270 bits per heavy atom. The topological polar surface area (TPSA) is 28.4 Å². The van der Waals surface area contributed by atoms with Gasteiger partial charge in [0.1, 0.15) is 0 Å². The Morgan fingerprint density at radius 2 is 0.608 bits per heavy atom. The Bertz CT molecular complexity index is 4250. The molecule has 0 saturated carbocycles. The van der Waals surface area contributed by atoms with Crippen LogP contribution < -0.4 is 15.1 Å². The summed E-state index contributed by atoms with van der Waals surface area (Å²) in [6.07, 6.45) is 0. The van der Waals surface area contributed by atoms with Gasteiger partial charge in [-0.15, -0.1) is 0 Å². The Hall–Kier alpha value is -8.80. The summed E-state index contributed by atoms with van der Waals surface area (Å²) in [5, 5.41) is 8.90. The highest BCUT2D eigenvalue weighted by Gasteiger charge is 2.41. The zero-order valence-electron chi connectivity index (χ0n) is 42.6. The van der Waals surface area contributed by atoms with Crippen LogP contribution in [0, 0.1) is 0 Å². The maximum absolute atomic E-state index is 3.90. The van der Waals surface area contributed by atoms with Crippen molar-refractivity contribution >= 4 is 89.1 Å². The number of benzene rings is 10. The van der Waals surface area contributed by atoms with Crippen LogP contribution in [-0.4, -0.2) is 9.13 Å². The number of hydrogen-bond acceptors (Lipinski definition) is 3. The normalized spacial score (nSPS) is 15.5. The quantitative estimate of drug-likeness (QED) is 0.191. The van der Waals surface area contributed by atoms with Gasteiger partial charge in [0.25, 0.3) is 0 Å². The molecule has 10 aromatic carbocycles. The first kappa shape index (κ1) is 42.8. The predicted octanol–water partition coefficient (Wildman–Crippen LogP) is 18.5. The van der Waals surface area contributed by atoms with Crippen molar-refractivity contribution < 1.29 is 0 Å². The lowest BCUT2D eigenvalue weighted by atomic mass is 9.72. The van der Waals surface area contributed by atoms with Gasteiger partial charge in [-0.1, -0.05) is 151 Å². The lowest BCUT2D eigenvalue weighted by Crippen LogP contribution is -2.32. The average Bonchev–Trinajstić information content (AvgIpc) is 3.94. The smallest absolute Gasteiger partial charge is 0.0542 e. The molecule has 12 aromatic rings. The number of rotatable bonds is 4. The fourth-order valence-corrected chi connectivity index (χ4v) is 13.5. The number of nitrogens with zero attached hydrogens (tertiary/aromatic N) is 4. The van der Waals surface area contributed by atoms with Crippen molar-refractivity contribution in [1.29, 1.82) is 0 Å². The van der Waals surface area contributed by atoms with Crippen LogP contribution in [-0.2, 0) is 16.2 Å². The van der Waals surface area contributed by atoms with Gasteiger partial charge in [0.2, 0.25) is 0 Å². The molecule has 3 aliphatic heterocycles. The van der Waals surface area contributed by atoms with Gasteiger partial charge in [-0.25, -0.2) is 0 Å². The van der Waals surface area contributed by atoms with Crippen LogP contribution in [0.2, 0.25) is 0 Å². The number of para-hydroxylation sites is 6. The number of nitrogens with one attached hydrogen (secondary N) is 1. The molecule has 5 heterocycles. The lowest BCUT2D eigenvalue weighted by molar-refractivity contribution is 0.629. The largest absolute Gasteiger partial charge is 0.355 e. The molecule has 356 valence electrons. The highest BCUT2D eigenvalue weighted by Crippen LogP contribution is 2.57. The third-order valence-corrected chi connectivity index (χ3v) is 17.2. The Morgan fingerprint density at radius 3 is 1.11 bits per heavy atom. The van der Waals surface area contributed by atoms with Crippen LogP contribution in [0.15, 0.2) is 218 Å². The van der Waals surface area contributed by atoms with E-state index < -0.39 is 0 Å². The summed E-state index contributed by atoms with van der Waals surface area (Å²) in [4.78, 5) is 4.98. The highest BCUT2D eigenvalue weighted by atomic mass is 15.2. The van der Waals surface area contributed by atoms with E-state index in [-0.39, 0.29) is 16.2 Å². The molecule has 0 saturated heterocycles. The van der Waals surface area contributed by atoms with Gasteiger partial charge in [-0.2, -0.15) is 0 Å². The molecule has 0 radical (unpaired) electrons. The number of fused-ring (bicyclic) bond motifs is 12. The van der Waals surface area contributed by atoms with Crippen LogP contribution in [0.4, 0.5) is 45.5 Å². The second-order valence-electron chi connectivity index (χ2n) is 22.3. The van der Waals surface area contributed by atoms with Gasteiger partial charge in [0.15, 0.2) is 0 Å². The van der Waals surface area contributed by atoms with Crippen molar-refractivity contribution in [1.82, 2.24) is 9.13 Å². The standard InChI is InChI=1S/C69H55N5/c1-67(2)51-22-10-16-28-63(51)73(64-29-17-11-23-52(64)67)44-31-35-57-54(40-44)69(5,6)55-41-45(32-36-58(55)70-57)74-65-30-18-12-24-53(65)68(3,4)56-42-46(34-38-66(56)74)72-61-27-15-9-21-49(61)50-39-43(33-37-62(50)72)71-59-25-13-7-19-47(59)48-20-8-14-26-60(48)71/h7-42,70H,1-6H3. The van der Waals surface area contributed by atoms with Crippen LogP contribution >= 0.6 is 0 Å². The highest BCUT2D eigenvalue weighted by molar-refractivity contribution is 6.12. The fraction of sp³-hybridized carbons (Fsp3) is 0.130. The number of aromatic nitrogens is 2. The van der Waals surface area contributed by atoms with E-state index >= 15 is 0 Å². The van der Waals surface area contributed by atoms with Crippen LogP contribution in [0.25, 0.3) is 55.0 Å². The molecular formula is C69H55N5. The molecule has 0 unspecified atom stereocenters. The van der Waals surface area contributed by atoms with Crippen molar-refractivity contribution in [3.05, 3.63) is 252 Å². The molecule has 0 bridgehead atoms. The van der Waals surface area contributed by atoms with Gasteiger partial charge >= 0.3 is 0 Å². The first-order valence-corrected chi connectivity index (χ1v) is 26.1. The van der Waals surface area contributed by atoms with Crippen molar-refractivity contribution in [3.8, 4) is 11.4 Å². The van der Waals surface area contributed by atoms with E-state index in [0.29, 0.717) is 0 Å². The molecule has 5 heteroatoms. The molecule has 0 spiro atoms. The van der Waals surface area contributed by atoms with Gasteiger partial charge in [-0.3, -0.25) is 0 Å². The predicted molar refractivity (Wildman–Crippen MR) is 311 cm³/mol. The molecule has 5 nitrogen and oxygen atoms in total. The minimum absolute atomic E-state index is 0.123. The Balaban J connectivity index is 0.853. The van der Waals surface area contributed by atoms with Crippen molar-refractivity contribution in [2.45, 2.75) is 57.8 Å². The van der Waals surface area contributed by atoms with Gasteiger partial charge in [0.05, 0.1) is 44.8 Å². The summed E-state index contributed by atoms with van der Waals surface area (Å²) >= 11 is 0. The van der Waals surface area contributed by atoms with Gasteiger partial charge < -0.3 is 24.3 Å². The maximum Gasteiger partial charge on any atom is 0.0542 e. The third kappa shape index (κ3) is 5.81. The second kappa shape index (κ2) is 15.1. The minimum atomic E-state index is -0.324. The summed E-state index contributed by atoms with van der Waals surface area (Å²) < 4.78 is 4.90. The molecule has 0 amide bonds. The summed E-state index contributed by atoms with van der Waals surface area (Å²) in [6.45, 7) is 14.3. The summed E-state index contributed by atoms with van der Waals surface area (Å²) in [7, 11) is 0. The zero-order valence-corrected chi connectivity index (χ0v) is 42.6. The van der Waals surface area contributed by atoms with Crippen molar-refractivity contribution in [3.63, 3.8) is 0 Å². The lowest BCUT2D eigenvalue weighted by Gasteiger charge is -2.44. The van der Waals surface area contributed by atoms with E-state index in [1.807, 2.05) is 0 Å². The molecule has 15 rings (SSSR count). The molecule has 0 atom stereocenters. The second-order valence-corrected chi connectivity index (χ2v) is 22.3. The first-order chi connectivity index (χ1) is 36.0. The fourth-order valence-electron chi connectivity index (χ4n) is 13.5. The summed E-state index contributed by atoms with van der Waals surface area (Å²) in [5.74, 6) is 0. The van der Waals surface area contributed by atoms with E-state index in [0.717, 1.165) is 34.1 Å².